The van der Waals surface area contributed by atoms with E-state index in [0.29, 0.717) is 23.2 Å². The van der Waals surface area contributed by atoms with Crippen LogP contribution in [0.25, 0.3) is 11.1 Å². The van der Waals surface area contributed by atoms with Crippen LogP contribution in [-0.4, -0.2) is 17.4 Å². The number of carbonyl (C=O) groups excluding carboxylic acids is 1. The Hall–Kier alpha value is -3.96. The first-order chi connectivity index (χ1) is 13.2. The largest absolute Gasteiger partial charge is 0.306 e. The van der Waals surface area contributed by atoms with Crippen molar-refractivity contribution < 1.29 is 4.79 Å². The van der Waals surface area contributed by atoms with Gasteiger partial charge >= 0.3 is 0 Å². The van der Waals surface area contributed by atoms with E-state index in [-0.39, 0.29) is 5.91 Å². The topological polar surface area (TPSA) is 80.8 Å². The Morgan fingerprint density at radius 1 is 0.926 bits per heavy atom. The van der Waals surface area contributed by atoms with Gasteiger partial charge in [-0.15, -0.1) is 0 Å². The molecule has 1 amide bonds. The number of fused-ring (bicyclic) bond motifs is 1. The lowest BCUT2D eigenvalue weighted by Gasteiger charge is -2.17. The summed E-state index contributed by atoms with van der Waals surface area (Å²) < 4.78 is 0. The number of amides is 1. The van der Waals surface area contributed by atoms with Gasteiger partial charge in [0.15, 0.2) is 0 Å². The molecule has 1 aliphatic rings. The number of hydrogen-bond acceptors (Lipinski definition) is 4. The lowest BCUT2D eigenvalue weighted by atomic mass is 9.99. The number of pyridine rings is 1. The lowest BCUT2D eigenvalue weighted by Crippen LogP contribution is -2.28. The summed E-state index contributed by atoms with van der Waals surface area (Å²) in [5.41, 5.74) is 5.53. The number of aromatic nitrogens is 1. The highest BCUT2D eigenvalue weighted by molar-refractivity contribution is 6.07. The number of rotatable bonds is 2. The molecule has 2 aromatic carbocycles. The molecule has 0 N–H and O–H groups in total. The summed E-state index contributed by atoms with van der Waals surface area (Å²) in [7, 11) is 0. The Morgan fingerprint density at radius 3 is 2.19 bits per heavy atom. The second kappa shape index (κ2) is 6.74. The molecule has 0 radical (unpaired) electrons. The van der Waals surface area contributed by atoms with Crippen molar-refractivity contribution in [3.63, 3.8) is 0 Å². The van der Waals surface area contributed by atoms with Crippen molar-refractivity contribution >= 4 is 11.6 Å². The molecule has 0 saturated heterocycles. The second-order valence-electron chi connectivity index (χ2n) is 6.27. The molecule has 0 saturated carbocycles. The minimum atomic E-state index is -0.1000. The molecule has 1 aliphatic heterocycles. The van der Waals surface area contributed by atoms with Gasteiger partial charge in [-0.05, 0) is 53.9 Å². The van der Waals surface area contributed by atoms with Crippen LogP contribution >= 0.6 is 0 Å². The maximum absolute atomic E-state index is 12.9. The van der Waals surface area contributed by atoms with Gasteiger partial charge in [-0.25, -0.2) is 0 Å². The minimum absolute atomic E-state index is 0.1000. The summed E-state index contributed by atoms with van der Waals surface area (Å²) in [4.78, 5) is 19.0. The van der Waals surface area contributed by atoms with Crippen molar-refractivity contribution in [2.75, 3.05) is 11.4 Å². The van der Waals surface area contributed by atoms with Crippen LogP contribution in [0.5, 0.6) is 0 Å². The first-order valence-corrected chi connectivity index (χ1v) is 8.50. The van der Waals surface area contributed by atoms with Crippen molar-refractivity contribution in [3.05, 3.63) is 83.2 Å². The maximum atomic E-state index is 12.9. The van der Waals surface area contributed by atoms with Crippen molar-refractivity contribution in [2.45, 2.75) is 6.42 Å². The van der Waals surface area contributed by atoms with Crippen molar-refractivity contribution in [1.82, 2.24) is 4.98 Å². The molecule has 27 heavy (non-hydrogen) atoms. The molecule has 2 heterocycles. The molecular formula is C22H14N4O. The summed E-state index contributed by atoms with van der Waals surface area (Å²) in [5, 5.41) is 17.9. The summed E-state index contributed by atoms with van der Waals surface area (Å²) in [5.74, 6) is -0.1000. The summed E-state index contributed by atoms with van der Waals surface area (Å²) >= 11 is 0. The molecule has 5 nitrogen and oxygen atoms in total. The fourth-order valence-electron chi connectivity index (χ4n) is 3.34. The quantitative estimate of drug-likeness (QED) is 0.706. The third-order valence-electron chi connectivity index (χ3n) is 4.74. The molecule has 128 valence electrons. The van der Waals surface area contributed by atoms with Crippen LogP contribution in [0.4, 0.5) is 5.69 Å². The molecule has 0 unspecified atom stereocenters. The van der Waals surface area contributed by atoms with Crippen LogP contribution < -0.4 is 4.90 Å². The first-order valence-electron chi connectivity index (χ1n) is 8.50. The van der Waals surface area contributed by atoms with Crippen LogP contribution in [0.15, 0.2) is 60.9 Å². The predicted molar refractivity (Wildman–Crippen MR) is 101 cm³/mol. The van der Waals surface area contributed by atoms with Gasteiger partial charge in [0.05, 0.1) is 35.1 Å². The molecule has 4 rings (SSSR count). The molecule has 5 heteroatoms. The highest BCUT2D eigenvalue weighted by Crippen LogP contribution is 2.36. The molecule has 0 aliphatic carbocycles. The van der Waals surface area contributed by atoms with E-state index in [9.17, 15) is 4.79 Å². The van der Waals surface area contributed by atoms with Gasteiger partial charge in [0.1, 0.15) is 0 Å². The van der Waals surface area contributed by atoms with Crippen LogP contribution in [-0.2, 0) is 6.42 Å². The minimum Gasteiger partial charge on any atom is -0.306 e. The number of anilines is 1. The van der Waals surface area contributed by atoms with E-state index >= 15 is 0 Å². The standard InChI is InChI=1S/C22H14N4O/c23-11-15-1-5-17(6-2-15)20-13-25-14-21-19(20)9-10-26(21)22(27)18-7-3-16(12-24)4-8-18/h1-8,13-14H,9-10H2. The van der Waals surface area contributed by atoms with E-state index in [4.69, 9.17) is 10.5 Å². The molecule has 0 fully saturated rings. The van der Waals surface area contributed by atoms with Gasteiger partial charge in [0.25, 0.3) is 5.91 Å². The fraction of sp³-hybridized carbons (Fsp3) is 0.0909. The number of nitrogens with zero attached hydrogens (tertiary/aromatic N) is 4. The summed E-state index contributed by atoms with van der Waals surface area (Å²) in [6.07, 6.45) is 4.27. The number of hydrogen-bond donors (Lipinski definition) is 0. The third kappa shape index (κ3) is 2.92. The van der Waals surface area contributed by atoms with Crippen LogP contribution in [0.3, 0.4) is 0 Å². The first kappa shape index (κ1) is 16.5. The normalized spacial score (nSPS) is 12.1. The Morgan fingerprint density at radius 2 is 1.56 bits per heavy atom. The van der Waals surface area contributed by atoms with Gasteiger partial charge in [0, 0.05) is 23.9 Å². The summed E-state index contributed by atoms with van der Waals surface area (Å²) in [6.45, 7) is 0.586. The van der Waals surface area contributed by atoms with Crippen LogP contribution in [0, 0.1) is 22.7 Å². The monoisotopic (exact) mass is 350 g/mol. The van der Waals surface area contributed by atoms with E-state index < -0.39 is 0 Å². The summed E-state index contributed by atoms with van der Waals surface area (Å²) in [6, 6.07) is 18.2. The third-order valence-corrected chi connectivity index (χ3v) is 4.74. The molecule has 0 spiro atoms. The highest BCUT2D eigenvalue weighted by atomic mass is 16.2. The van der Waals surface area contributed by atoms with Gasteiger partial charge in [-0.3, -0.25) is 9.78 Å². The van der Waals surface area contributed by atoms with Crippen molar-refractivity contribution in [2.24, 2.45) is 0 Å². The Kier molecular flexibility index (Phi) is 4.12. The molecule has 0 bridgehead atoms. The van der Waals surface area contributed by atoms with E-state index in [1.54, 1.807) is 53.7 Å². The Bertz CT molecular complexity index is 1100. The fourth-order valence-corrected chi connectivity index (χ4v) is 3.34. The van der Waals surface area contributed by atoms with Gasteiger partial charge < -0.3 is 4.90 Å². The second-order valence-corrected chi connectivity index (χ2v) is 6.27. The van der Waals surface area contributed by atoms with Crippen LogP contribution in [0.1, 0.15) is 27.0 Å². The number of nitriles is 2. The molecule has 3 aromatic rings. The predicted octanol–water partition coefficient (Wildman–Crippen LogP) is 3.69. The molecular weight excluding hydrogens is 336 g/mol. The average Bonchev–Trinajstić information content (AvgIpc) is 3.17. The van der Waals surface area contributed by atoms with Crippen molar-refractivity contribution in [1.29, 1.82) is 10.5 Å². The van der Waals surface area contributed by atoms with Gasteiger partial charge in [-0.2, -0.15) is 10.5 Å². The smallest absolute Gasteiger partial charge is 0.258 e. The van der Waals surface area contributed by atoms with E-state index in [1.807, 2.05) is 12.1 Å². The van der Waals surface area contributed by atoms with Gasteiger partial charge in [0.2, 0.25) is 0 Å². The van der Waals surface area contributed by atoms with Gasteiger partial charge in [-0.1, -0.05) is 12.1 Å². The van der Waals surface area contributed by atoms with E-state index in [1.165, 1.54) is 0 Å². The average molecular weight is 350 g/mol. The zero-order valence-electron chi connectivity index (χ0n) is 14.4. The number of carbonyl (C=O) groups is 1. The van der Waals surface area contributed by atoms with E-state index in [2.05, 4.69) is 17.1 Å². The Balaban J connectivity index is 1.69. The van der Waals surface area contributed by atoms with Crippen LogP contribution in [0.2, 0.25) is 0 Å². The molecule has 1 aromatic heterocycles. The SMILES string of the molecule is N#Cc1ccc(C(=O)N2CCc3c(-c4ccc(C#N)cc4)cncc32)cc1. The maximum Gasteiger partial charge on any atom is 0.258 e. The zero-order chi connectivity index (χ0) is 18.8. The highest BCUT2D eigenvalue weighted by Gasteiger charge is 2.28. The zero-order valence-corrected chi connectivity index (χ0v) is 14.4. The Labute approximate surface area is 156 Å². The lowest BCUT2D eigenvalue weighted by molar-refractivity contribution is 0.0989. The number of benzene rings is 2. The molecule has 0 atom stereocenters. The van der Waals surface area contributed by atoms with Crippen molar-refractivity contribution in [3.8, 4) is 23.3 Å². The van der Waals surface area contributed by atoms with E-state index in [0.717, 1.165) is 28.8 Å².